The minimum absolute atomic E-state index is 0.0127. The van der Waals surface area contributed by atoms with Gasteiger partial charge < -0.3 is 14.4 Å². The van der Waals surface area contributed by atoms with Crippen molar-refractivity contribution in [3.05, 3.63) is 69.9 Å². The van der Waals surface area contributed by atoms with E-state index >= 15 is 4.39 Å². The van der Waals surface area contributed by atoms with Crippen molar-refractivity contribution in [3.63, 3.8) is 0 Å². The maximum Gasteiger partial charge on any atom is 0.352 e. The summed E-state index contributed by atoms with van der Waals surface area (Å²) in [5.41, 5.74) is 5.71. The van der Waals surface area contributed by atoms with Gasteiger partial charge in [-0.1, -0.05) is 19.1 Å². The summed E-state index contributed by atoms with van der Waals surface area (Å²) in [6.45, 7) is 2.45. The summed E-state index contributed by atoms with van der Waals surface area (Å²) in [5.74, 6) is -0.904. The van der Waals surface area contributed by atoms with Crippen LogP contribution >= 0.6 is 0 Å². The Balaban J connectivity index is 1.47. The number of hydrogen-bond donors (Lipinski definition) is 1. The van der Waals surface area contributed by atoms with Crippen LogP contribution in [0.4, 0.5) is 4.39 Å². The zero-order valence-electron chi connectivity index (χ0n) is 24.8. The van der Waals surface area contributed by atoms with Crippen LogP contribution in [0, 0.1) is 5.82 Å². The predicted molar refractivity (Wildman–Crippen MR) is 163 cm³/mol. The average molecular weight is 609 g/mol. The molecule has 1 N–H and O–H groups in total. The minimum Gasteiger partial charge on any atom is -0.493 e. The first-order valence-corrected chi connectivity index (χ1v) is 16.5. The number of fused-ring (bicyclic) bond motifs is 3. The standard InChI is InChI=1S/C32H37FN4O5S/c1-4-26-29-25(34-36(26)3)19-35(2)43(40,41)18-8-16-37-30-23(14-15-24(33)28(29)30)22(31(37)32(38)39)12-7-17-42-27-13-6-10-20-9-5-11-21(20)27/h6,10,13-15H,4-5,7-9,11-12,16-19H2,1-3H3,(H,38,39). The fourth-order valence-electron chi connectivity index (χ4n) is 6.90. The van der Waals surface area contributed by atoms with Gasteiger partial charge in [0.2, 0.25) is 10.0 Å². The molecular formula is C32H37FN4O5S. The normalized spacial score (nSPS) is 16.6. The zero-order valence-corrected chi connectivity index (χ0v) is 25.6. The SMILES string of the molecule is CCc1c2c(nn1C)CN(C)S(=O)(=O)CCCn1c(C(=O)O)c(CCCOc3cccc4c3CCC4)c3ccc(F)c-2c31. The van der Waals surface area contributed by atoms with Crippen molar-refractivity contribution in [3.8, 4) is 16.9 Å². The van der Waals surface area contributed by atoms with Crippen LogP contribution in [0.5, 0.6) is 5.75 Å². The third-order valence-corrected chi connectivity index (χ3v) is 10.8. The number of carboxylic acids is 1. The van der Waals surface area contributed by atoms with E-state index in [4.69, 9.17) is 4.74 Å². The zero-order chi connectivity index (χ0) is 30.5. The number of carboxylic acid groups (broad SMARTS) is 1. The number of hydrogen-bond acceptors (Lipinski definition) is 5. The van der Waals surface area contributed by atoms with E-state index in [2.05, 4.69) is 11.2 Å². The molecule has 1 aliphatic carbocycles. The molecule has 0 fully saturated rings. The number of aryl methyl sites for hydroxylation is 4. The van der Waals surface area contributed by atoms with Gasteiger partial charge in [0.05, 0.1) is 30.1 Å². The molecule has 2 aromatic carbocycles. The molecule has 1 aliphatic heterocycles. The summed E-state index contributed by atoms with van der Waals surface area (Å²) in [6, 6.07) is 9.18. The lowest BCUT2D eigenvalue weighted by atomic mass is 9.96. The fourth-order valence-corrected chi connectivity index (χ4v) is 8.02. The van der Waals surface area contributed by atoms with Crippen LogP contribution in [0.25, 0.3) is 22.0 Å². The molecule has 0 radical (unpaired) electrons. The van der Waals surface area contributed by atoms with E-state index in [1.807, 2.05) is 19.1 Å². The van der Waals surface area contributed by atoms with E-state index < -0.39 is 21.8 Å². The second-order valence-corrected chi connectivity index (χ2v) is 13.7. The van der Waals surface area contributed by atoms with Gasteiger partial charge in [-0.05, 0) is 79.8 Å². The maximum absolute atomic E-state index is 16.0. The number of nitrogens with zero attached hydrogens (tertiary/aromatic N) is 4. The average Bonchev–Trinajstić information content (AvgIpc) is 3.65. The molecule has 3 heterocycles. The van der Waals surface area contributed by atoms with E-state index in [1.54, 1.807) is 22.4 Å². The van der Waals surface area contributed by atoms with Gasteiger partial charge in [-0.25, -0.2) is 17.6 Å². The third kappa shape index (κ3) is 5.12. The Kier molecular flexibility index (Phi) is 7.80. The van der Waals surface area contributed by atoms with E-state index in [9.17, 15) is 18.3 Å². The summed E-state index contributed by atoms with van der Waals surface area (Å²) >= 11 is 0. The molecule has 0 saturated heterocycles. The molecule has 0 atom stereocenters. The number of aromatic carboxylic acids is 1. The van der Waals surface area contributed by atoms with Gasteiger partial charge in [0.15, 0.2) is 0 Å². The first kappa shape index (κ1) is 29.4. The lowest BCUT2D eigenvalue weighted by molar-refractivity contribution is 0.0684. The first-order valence-electron chi connectivity index (χ1n) is 14.9. The number of halogens is 1. The summed E-state index contributed by atoms with van der Waals surface area (Å²) in [7, 11) is -0.394. The van der Waals surface area contributed by atoms with E-state index in [0.717, 1.165) is 30.7 Å². The lowest BCUT2D eigenvalue weighted by Crippen LogP contribution is -2.29. The van der Waals surface area contributed by atoms with Crippen LogP contribution in [0.15, 0.2) is 30.3 Å². The molecule has 0 saturated carbocycles. The highest BCUT2D eigenvalue weighted by Crippen LogP contribution is 2.41. The quantitative estimate of drug-likeness (QED) is 0.293. The largest absolute Gasteiger partial charge is 0.493 e. The number of ether oxygens (including phenoxy) is 1. The summed E-state index contributed by atoms with van der Waals surface area (Å²) < 4.78 is 53.0. The fraction of sp³-hybridized carbons (Fsp3) is 0.438. The monoisotopic (exact) mass is 608 g/mol. The Morgan fingerprint density at radius 3 is 2.70 bits per heavy atom. The van der Waals surface area contributed by atoms with E-state index in [1.165, 1.54) is 28.5 Å². The van der Waals surface area contributed by atoms with Crippen molar-refractivity contribution in [1.82, 2.24) is 18.7 Å². The first-order chi connectivity index (χ1) is 20.6. The Labute approximate surface area is 250 Å². The molecule has 0 bridgehead atoms. The van der Waals surface area contributed by atoms with Gasteiger partial charge in [0.1, 0.15) is 17.3 Å². The Morgan fingerprint density at radius 1 is 1.12 bits per heavy atom. The number of benzene rings is 2. The third-order valence-electron chi connectivity index (χ3n) is 8.87. The molecule has 6 rings (SSSR count). The molecule has 9 nitrogen and oxygen atoms in total. The summed E-state index contributed by atoms with van der Waals surface area (Å²) in [6.07, 6.45) is 4.86. The number of sulfonamides is 1. The van der Waals surface area contributed by atoms with Crippen molar-refractivity contribution in [2.24, 2.45) is 7.05 Å². The molecule has 0 spiro atoms. The smallest absolute Gasteiger partial charge is 0.352 e. The second-order valence-electron chi connectivity index (χ2n) is 11.5. The molecular weight excluding hydrogens is 571 g/mol. The van der Waals surface area contributed by atoms with Crippen LogP contribution in [0.2, 0.25) is 0 Å². The summed E-state index contributed by atoms with van der Waals surface area (Å²) in [4.78, 5) is 12.9. The second kappa shape index (κ2) is 11.4. The van der Waals surface area contributed by atoms with Gasteiger partial charge in [0.25, 0.3) is 0 Å². The van der Waals surface area contributed by atoms with Crippen molar-refractivity contribution in [2.45, 2.75) is 65.0 Å². The molecule has 43 heavy (non-hydrogen) atoms. The van der Waals surface area contributed by atoms with E-state index in [0.29, 0.717) is 53.6 Å². The molecule has 4 aromatic rings. The highest BCUT2D eigenvalue weighted by molar-refractivity contribution is 7.89. The molecule has 0 amide bonds. The maximum atomic E-state index is 16.0. The van der Waals surface area contributed by atoms with Crippen molar-refractivity contribution in [2.75, 3.05) is 19.4 Å². The lowest BCUT2D eigenvalue weighted by Gasteiger charge is -2.16. The van der Waals surface area contributed by atoms with Crippen molar-refractivity contribution < 1.29 is 27.4 Å². The van der Waals surface area contributed by atoms with Crippen molar-refractivity contribution in [1.29, 1.82) is 0 Å². The van der Waals surface area contributed by atoms with Gasteiger partial charge in [-0.3, -0.25) is 4.68 Å². The van der Waals surface area contributed by atoms with Gasteiger partial charge in [-0.2, -0.15) is 9.40 Å². The van der Waals surface area contributed by atoms with Crippen LogP contribution in [-0.4, -0.2) is 57.6 Å². The highest BCUT2D eigenvalue weighted by atomic mass is 32.2. The summed E-state index contributed by atoms with van der Waals surface area (Å²) in [5, 5.41) is 15.8. The van der Waals surface area contributed by atoms with Crippen LogP contribution < -0.4 is 4.74 Å². The molecule has 11 heteroatoms. The number of carbonyl (C=O) groups is 1. The molecule has 2 aliphatic rings. The van der Waals surface area contributed by atoms with Crippen LogP contribution in [0.1, 0.15) is 64.8 Å². The number of aromatic nitrogens is 3. The Hall–Kier alpha value is -3.70. The predicted octanol–water partition coefficient (Wildman–Crippen LogP) is 5.11. The number of rotatable bonds is 7. The molecule has 2 aromatic heterocycles. The van der Waals surface area contributed by atoms with E-state index in [-0.39, 0.29) is 36.5 Å². The Bertz CT molecular complexity index is 1840. The van der Waals surface area contributed by atoms with Gasteiger partial charge in [-0.15, -0.1) is 0 Å². The van der Waals surface area contributed by atoms with Gasteiger partial charge >= 0.3 is 5.97 Å². The van der Waals surface area contributed by atoms with Crippen molar-refractivity contribution >= 4 is 26.9 Å². The Morgan fingerprint density at radius 2 is 1.93 bits per heavy atom. The molecule has 228 valence electrons. The topological polar surface area (TPSA) is 107 Å². The van der Waals surface area contributed by atoms with Gasteiger partial charge in [0, 0.05) is 42.8 Å². The highest BCUT2D eigenvalue weighted by Gasteiger charge is 2.31. The molecule has 0 unspecified atom stereocenters. The van der Waals surface area contributed by atoms with Crippen LogP contribution in [0.3, 0.4) is 0 Å². The minimum atomic E-state index is -3.66. The van der Waals surface area contributed by atoms with Crippen LogP contribution in [-0.2, 0) is 55.8 Å².